The molecule has 0 saturated carbocycles. The lowest BCUT2D eigenvalue weighted by Gasteiger charge is -2.10. The monoisotopic (exact) mass is 239 g/mol. The number of hydrogen-bond donors (Lipinski definition) is 0. The van der Waals surface area contributed by atoms with Crippen LogP contribution in [0.15, 0.2) is 42.6 Å². The second kappa shape index (κ2) is 4.18. The van der Waals surface area contributed by atoms with E-state index in [1.165, 1.54) is 0 Å². The van der Waals surface area contributed by atoms with E-state index < -0.39 is 0 Å². The van der Waals surface area contributed by atoms with Gasteiger partial charge in [-0.25, -0.2) is 0 Å². The van der Waals surface area contributed by atoms with E-state index in [1.807, 2.05) is 30.3 Å². The van der Waals surface area contributed by atoms with Gasteiger partial charge in [-0.05, 0) is 30.3 Å². The minimum atomic E-state index is 0.832. The molecule has 0 saturated heterocycles. The molecular formula is C15H13NO2. The predicted molar refractivity (Wildman–Crippen MR) is 72.4 cm³/mol. The summed E-state index contributed by atoms with van der Waals surface area (Å²) in [7, 11) is 3.35. The number of fused-ring (bicyclic) bond motifs is 2. The van der Waals surface area contributed by atoms with E-state index in [-0.39, 0.29) is 0 Å². The van der Waals surface area contributed by atoms with Gasteiger partial charge in [0.05, 0.1) is 19.7 Å². The highest BCUT2D eigenvalue weighted by atomic mass is 16.5. The summed E-state index contributed by atoms with van der Waals surface area (Å²) in [5.74, 6) is 1.68. The molecule has 1 heterocycles. The van der Waals surface area contributed by atoms with Crippen LogP contribution in [0, 0.1) is 0 Å². The summed E-state index contributed by atoms with van der Waals surface area (Å²) in [6.07, 6.45) is 1.79. The number of ether oxygens (including phenoxy) is 2. The quantitative estimate of drug-likeness (QED) is 0.642. The molecule has 0 aliphatic carbocycles. The van der Waals surface area contributed by atoms with Crippen molar-refractivity contribution < 1.29 is 9.47 Å². The fourth-order valence-corrected chi connectivity index (χ4v) is 2.21. The third kappa shape index (κ3) is 1.56. The highest BCUT2D eigenvalue weighted by molar-refractivity contribution is 6.02. The third-order valence-corrected chi connectivity index (χ3v) is 3.10. The Balaban J connectivity index is 2.46. The summed E-state index contributed by atoms with van der Waals surface area (Å²) in [5, 5.41) is 3.15. The van der Waals surface area contributed by atoms with Gasteiger partial charge in [-0.3, -0.25) is 4.98 Å². The first kappa shape index (κ1) is 10.8. The molecule has 2 aromatic carbocycles. The van der Waals surface area contributed by atoms with Crippen LogP contribution >= 0.6 is 0 Å². The second-order valence-corrected chi connectivity index (χ2v) is 4.06. The summed E-state index contributed by atoms with van der Waals surface area (Å²) in [6, 6.07) is 11.9. The first-order valence-electron chi connectivity index (χ1n) is 5.73. The molecule has 3 heteroatoms. The summed E-state index contributed by atoms with van der Waals surface area (Å²) < 4.78 is 10.8. The van der Waals surface area contributed by atoms with Crippen LogP contribution in [0.25, 0.3) is 21.7 Å². The van der Waals surface area contributed by atoms with Crippen LogP contribution in [0.1, 0.15) is 0 Å². The maximum Gasteiger partial charge on any atom is 0.127 e. The smallest absolute Gasteiger partial charge is 0.127 e. The molecule has 0 atom stereocenters. The van der Waals surface area contributed by atoms with Crippen molar-refractivity contribution in [3.63, 3.8) is 0 Å². The number of aromatic nitrogens is 1. The lowest BCUT2D eigenvalue weighted by Crippen LogP contribution is -1.90. The SMILES string of the molecule is COc1ccc(OC)c2cc3ncccc3cc12. The molecule has 0 amide bonds. The molecule has 0 fully saturated rings. The number of nitrogens with zero attached hydrogens (tertiary/aromatic N) is 1. The van der Waals surface area contributed by atoms with Crippen molar-refractivity contribution >= 4 is 21.7 Å². The first-order valence-corrected chi connectivity index (χ1v) is 5.73. The minimum absolute atomic E-state index is 0.832. The highest BCUT2D eigenvalue weighted by Crippen LogP contribution is 2.35. The van der Waals surface area contributed by atoms with Crippen molar-refractivity contribution in [3.05, 3.63) is 42.6 Å². The van der Waals surface area contributed by atoms with E-state index in [0.717, 1.165) is 33.2 Å². The molecule has 18 heavy (non-hydrogen) atoms. The summed E-state index contributed by atoms with van der Waals surface area (Å²) >= 11 is 0. The predicted octanol–water partition coefficient (Wildman–Crippen LogP) is 3.41. The van der Waals surface area contributed by atoms with Crippen LogP contribution in [0.4, 0.5) is 0 Å². The van der Waals surface area contributed by atoms with E-state index in [2.05, 4.69) is 11.1 Å². The van der Waals surface area contributed by atoms with Crippen LogP contribution < -0.4 is 9.47 Å². The van der Waals surface area contributed by atoms with Crippen molar-refractivity contribution in [2.24, 2.45) is 0 Å². The number of hydrogen-bond acceptors (Lipinski definition) is 3. The highest BCUT2D eigenvalue weighted by Gasteiger charge is 2.08. The first-order chi connectivity index (χ1) is 8.83. The van der Waals surface area contributed by atoms with Gasteiger partial charge in [0, 0.05) is 22.4 Å². The van der Waals surface area contributed by atoms with Gasteiger partial charge in [0.1, 0.15) is 11.5 Å². The zero-order valence-electron chi connectivity index (χ0n) is 10.3. The van der Waals surface area contributed by atoms with Gasteiger partial charge < -0.3 is 9.47 Å². The van der Waals surface area contributed by atoms with Gasteiger partial charge in [-0.2, -0.15) is 0 Å². The average molecular weight is 239 g/mol. The molecule has 0 bridgehead atoms. The number of pyridine rings is 1. The molecule has 3 aromatic rings. The van der Waals surface area contributed by atoms with Crippen molar-refractivity contribution in [1.29, 1.82) is 0 Å². The second-order valence-electron chi connectivity index (χ2n) is 4.06. The van der Waals surface area contributed by atoms with E-state index in [1.54, 1.807) is 20.4 Å². The van der Waals surface area contributed by atoms with E-state index >= 15 is 0 Å². The van der Waals surface area contributed by atoms with Crippen molar-refractivity contribution in [2.45, 2.75) is 0 Å². The molecule has 0 aliphatic heterocycles. The molecular weight excluding hydrogens is 226 g/mol. The molecule has 0 aliphatic rings. The maximum absolute atomic E-state index is 5.40. The Labute approximate surface area is 105 Å². The number of methoxy groups -OCH3 is 2. The Morgan fingerprint density at radius 1 is 0.889 bits per heavy atom. The third-order valence-electron chi connectivity index (χ3n) is 3.10. The lowest BCUT2D eigenvalue weighted by molar-refractivity contribution is 0.410. The molecule has 1 aromatic heterocycles. The van der Waals surface area contributed by atoms with Crippen LogP contribution in [0.5, 0.6) is 11.5 Å². The standard InChI is InChI=1S/C15H13NO2/c1-17-14-5-6-15(18-2)12-9-13-10(8-11(12)14)4-3-7-16-13/h3-9H,1-2H3. The Kier molecular flexibility index (Phi) is 2.52. The van der Waals surface area contributed by atoms with Gasteiger partial charge in [0.15, 0.2) is 0 Å². The largest absolute Gasteiger partial charge is 0.496 e. The Morgan fingerprint density at radius 2 is 1.56 bits per heavy atom. The van der Waals surface area contributed by atoms with Gasteiger partial charge in [0.2, 0.25) is 0 Å². The topological polar surface area (TPSA) is 31.4 Å². The number of rotatable bonds is 2. The van der Waals surface area contributed by atoms with E-state index in [0.29, 0.717) is 0 Å². The fraction of sp³-hybridized carbons (Fsp3) is 0.133. The molecule has 3 rings (SSSR count). The van der Waals surface area contributed by atoms with Crippen molar-refractivity contribution in [2.75, 3.05) is 14.2 Å². The maximum atomic E-state index is 5.40. The number of benzene rings is 2. The fourth-order valence-electron chi connectivity index (χ4n) is 2.21. The zero-order valence-corrected chi connectivity index (χ0v) is 10.3. The molecule has 0 N–H and O–H groups in total. The van der Waals surface area contributed by atoms with Crippen molar-refractivity contribution in [1.82, 2.24) is 4.98 Å². The Bertz CT molecular complexity index is 660. The van der Waals surface area contributed by atoms with Crippen LogP contribution in [0.2, 0.25) is 0 Å². The molecule has 3 nitrogen and oxygen atoms in total. The van der Waals surface area contributed by atoms with Gasteiger partial charge >= 0.3 is 0 Å². The van der Waals surface area contributed by atoms with Crippen molar-refractivity contribution in [3.8, 4) is 11.5 Å². The van der Waals surface area contributed by atoms with E-state index in [9.17, 15) is 0 Å². The van der Waals surface area contributed by atoms with Gasteiger partial charge in [0.25, 0.3) is 0 Å². The Morgan fingerprint density at radius 3 is 2.22 bits per heavy atom. The molecule has 90 valence electrons. The summed E-state index contributed by atoms with van der Waals surface area (Å²) in [6.45, 7) is 0. The van der Waals surface area contributed by atoms with Crippen LogP contribution in [0.3, 0.4) is 0 Å². The van der Waals surface area contributed by atoms with E-state index in [4.69, 9.17) is 9.47 Å². The normalized spacial score (nSPS) is 10.8. The summed E-state index contributed by atoms with van der Waals surface area (Å²) in [5.41, 5.74) is 0.955. The molecule has 0 unspecified atom stereocenters. The molecule has 0 spiro atoms. The average Bonchev–Trinajstić information content (AvgIpc) is 2.44. The van der Waals surface area contributed by atoms with Crippen LogP contribution in [-0.4, -0.2) is 19.2 Å². The van der Waals surface area contributed by atoms with Crippen LogP contribution in [-0.2, 0) is 0 Å². The van der Waals surface area contributed by atoms with Gasteiger partial charge in [-0.15, -0.1) is 0 Å². The summed E-state index contributed by atoms with van der Waals surface area (Å²) in [4.78, 5) is 4.37. The lowest BCUT2D eigenvalue weighted by atomic mass is 10.1. The van der Waals surface area contributed by atoms with Gasteiger partial charge in [-0.1, -0.05) is 6.07 Å². The minimum Gasteiger partial charge on any atom is -0.496 e. The molecule has 0 radical (unpaired) electrons. The zero-order chi connectivity index (χ0) is 12.5. The Hall–Kier alpha value is -2.29.